The molecular formula is C20H30N3O3S+. The first kappa shape index (κ1) is 18.9. The van der Waals surface area contributed by atoms with Crippen LogP contribution in [-0.4, -0.2) is 68.8 Å². The molecule has 148 valence electrons. The van der Waals surface area contributed by atoms with E-state index < -0.39 is 10.0 Å². The topological polar surface area (TPSA) is 62.1 Å². The zero-order valence-corrected chi connectivity index (χ0v) is 16.9. The number of sulfonamides is 1. The Bertz CT molecular complexity index is 810. The van der Waals surface area contributed by atoms with E-state index in [0.29, 0.717) is 31.1 Å². The largest absolute Gasteiger partial charge is 0.338 e. The Morgan fingerprint density at radius 3 is 2.37 bits per heavy atom. The summed E-state index contributed by atoms with van der Waals surface area (Å²) in [6.45, 7) is 6.06. The summed E-state index contributed by atoms with van der Waals surface area (Å²) in [7, 11) is -3.44. The average molecular weight is 393 g/mol. The smallest absolute Gasteiger partial charge is 0.280 e. The number of nitrogens with zero attached hydrogens (tertiary/aromatic N) is 2. The van der Waals surface area contributed by atoms with E-state index in [-0.39, 0.29) is 11.9 Å². The van der Waals surface area contributed by atoms with Crippen LogP contribution in [0, 0.1) is 0 Å². The highest BCUT2D eigenvalue weighted by molar-refractivity contribution is 7.89. The van der Waals surface area contributed by atoms with Crippen molar-refractivity contribution in [2.75, 3.05) is 39.3 Å². The molecule has 1 N–H and O–H groups in total. The molecule has 1 atom stereocenters. The first-order chi connectivity index (χ1) is 13.0. The summed E-state index contributed by atoms with van der Waals surface area (Å²) in [5.74, 6) is 0.220. The van der Waals surface area contributed by atoms with Crippen molar-refractivity contribution >= 4 is 15.9 Å². The van der Waals surface area contributed by atoms with E-state index in [2.05, 4.69) is 0 Å². The Balaban J connectivity index is 1.40. The van der Waals surface area contributed by atoms with Gasteiger partial charge in [-0.3, -0.25) is 4.79 Å². The van der Waals surface area contributed by atoms with Crippen molar-refractivity contribution in [2.45, 2.75) is 50.0 Å². The molecule has 1 amide bonds. The summed E-state index contributed by atoms with van der Waals surface area (Å²) >= 11 is 0. The van der Waals surface area contributed by atoms with Crippen molar-refractivity contribution in [3.63, 3.8) is 0 Å². The number of amides is 1. The molecule has 2 saturated heterocycles. The van der Waals surface area contributed by atoms with Gasteiger partial charge < -0.3 is 9.80 Å². The van der Waals surface area contributed by atoms with Crippen LogP contribution < -0.4 is 4.90 Å². The van der Waals surface area contributed by atoms with Gasteiger partial charge in [-0.2, -0.15) is 4.31 Å². The van der Waals surface area contributed by atoms with Gasteiger partial charge >= 0.3 is 0 Å². The molecule has 1 aromatic rings. The molecule has 6 nitrogen and oxygen atoms in total. The van der Waals surface area contributed by atoms with Crippen molar-refractivity contribution in [3.8, 4) is 0 Å². The molecule has 0 radical (unpaired) electrons. The van der Waals surface area contributed by atoms with Crippen LogP contribution in [0.3, 0.4) is 0 Å². The zero-order valence-electron chi connectivity index (χ0n) is 16.1. The number of fused-ring (bicyclic) bond motifs is 1. The van der Waals surface area contributed by atoms with Gasteiger partial charge in [0, 0.05) is 13.1 Å². The van der Waals surface area contributed by atoms with Gasteiger partial charge in [-0.1, -0.05) is 6.07 Å². The number of piperazine rings is 1. The van der Waals surface area contributed by atoms with Gasteiger partial charge in [0.05, 0.1) is 31.1 Å². The normalized spacial score (nSPS) is 22.8. The average Bonchev–Trinajstić information content (AvgIpc) is 3.38. The lowest BCUT2D eigenvalue weighted by Crippen LogP contribution is -3.19. The highest BCUT2D eigenvalue weighted by atomic mass is 32.2. The third-order valence-electron chi connectivity index (χ3n) is 6.47. The molecule has 1 aliphatic carbocycles. The lowest BCUT2D eigenvalue weighted by Gasteiger charge is -2.35. The number of benzene rings is 1. The van der Waals surface area contributed by atoms with E-state index in [4.69, 9.17) is 0 Å². The van der Waals surface area contributed by atoms with Crippen molar-refractivity contribution in [1.29, 1.82) is 0 Å². The van der Waals surface area contributed by atoms with E-state index in [1.807, 2.05) is 24.0 Å². The summed E-state index contributed by atoms with van der Waals surface area (Å²) in [6.07, 6.45) is 5.35. The van der Waals surface area contributed by atoms with Crippen molar-refractivity contribution in [3.05, 3.63) is 29.3 Å². The fourth-order valence-electron chi connectivity index (χ4n) is 4.69. The van der Waals surface area contributed by atoms with Gasteiger partial charge in [-0.15, -0.1) is 0 Å². The minimum Gasteiger partial charge on any atom is -0.338 e. The van der Waals surface area contributed by atoms with E-state index in [9.17, 15) is 13.2 Å². The Hall–Kier alpha value is -1.44. The Morgan fingerprint density at radius 2 is 1.67 bits per heavy atom. The third kappa shape index (κ3) is 3.65. The third-order valence-corrected chi connectivity index (χ3v) is 8.37. The lowest BCUT2D eigenvalue weighted by molar-refractivity contribution is -0.918. The lowest BCUT2D eigenvalue weighted by atomic mass is 10.1. The van der Waals surface area contributed by atoms with Crippen LogP contribution in [0.2, 0.25) is 0 Å². The molecular weight excluding hydrogens is 362 g/mol. The van der Waals surface area contributed by atoms with Crippen LogP contribution in [0.4, 0.5) is 0 Å². The molecule has 3 aliphatic rings. The van der Waals surface area contributed by atoms with E-state index in [0.717, 1.165) is 45.2 Å². The number of hydrogen-bond acceptors (Lipinski definition) is 3. The summed E-state index contributed by atoms with van der Waals surface area (Å²) < 4.78 is 27.7. The minimum absolute atomic E-state index is 0.0899. The number of nitrogens with one attached hydrogen (secondary N) is 1. The van der Waals surface area contributed by atoms with Crippen LogP contribution in [0.1, 0.15) is 37.3 Å². The maximum Gasteiger partial charge on any atom is 0.280 e. The second-order valence-electron chi connectivity index (χ2n) is 8.10. The fourth-order valence-corrected chi connectivity index (χ4v) is 6.18. The molecule has 0 unspecified atom stereocenters. The number of carbonyl (C=O) groups is 1. The van der Waals surface area contributed by atoms with Crippen molar-refractivity contribution < 1.29 is 18.1 Å². The highest BCUT2D eigenvalue weighted by Crippen LogP contribution is 2.26. The second kappa shape index (κ2) is 7.53. The molecule has 27 heavy (non-hydrogen) atoms. The number of quaternary nitrogens is 1. The van der Waals surface area contributed by atoms with Gasteiger partial charge in [0.1, 0.15) is 0 Å². The van der Waals surface area contributed by atoms with Crippen LogP contribution in [0.15, 0.2) is 23.1 Å². The predicted octanol–water partition coefficient (Wildman–Crippen LogP) is 0.0754. The number of aryl methyl sites for hydroxylation is 2. The standard InChI is InChI=1S/C20H29N3O3S/c1-16(20(24)22-9-2-3-10-22)21-11-13-23(14-12-21)27(25,26)19-8-7-17-5-4-6-18(17)15-19/h7-8,15-16H,2-6,9-14H2,1H3/p+1/t16-/m0/s1. The predicted molar refractivity (Wildman–Crippen MR) is 103 cm³/mol. The second-order valence-corrected chi connectivity index (χ2v) is 10.0. The van der Waals surface area contributed by atoms with Crippen LogP contribution in [-0.2, 0) is 27.7 Å². The molecule has 4 rings (SSSR count). The first-order valence-electron chi connectivity index (χ1n) is 10.2. The summed E-state index contributed by atoms with van der Waals surface area (Å²) in [5, 5.41) is 0. The van der Waals surface area contributed by atoms with Crippen LogP contribution >= 0.6 is 0 Å². The summed E-state index contributed by atoms with van der Waals surface area (Å²) in [4.78, 5) is 16.2. The molecule has 2 fully saturated rings. The molecule has 0 spiro atoms. The molecule has 0 aromatic heterocycles. The highest BCUT2D eigenvalue weighted by Gasteiger charge is 2.36. The molecule has 7 heteroatoms. The Kier molecular flexibility index (Phi) is 5.27. The van der Waals surface area contributed by atoms with Gasteiger partial charge in [0.25, 0.3) is 5.91 Å². The van der Waals surface area contributed by atoms with Gasteiger partial charge in [0.2, 0.25) is 10.0 Å². The molecule has 2 heterocycles. The maximum atomic E-state index is 13.0. The molecule has 0 bridgehead atoms. The van der Waals surface area contributed by atoms with Crippen molar-refractivity contribution in [1.82, 2.24) is 9.21 Å². The fraction of sp³-hybridized carbons (Fsp3) is 0.650. The van der Waals surface area contributed by atoms with E-state index in [1.54, 1.807) is 10.4 Å². The number of hydrogen-bond donors (Lipinski definition) is 1. The Morgan fingerprint density at radius 1 is 1.00 bits per heavy atom. The van der Waals surface area contributed by atoms with Gasteiger partial charge in [-0.25, -0.2) is 8.42 Å². The SMILES string of the molecule is C[C@@H](C(=O)N1CCCC1)[NH+]1CCN(S(=O)(=O)c2ccc3c(c2)CCC3)CC1. The maximum absolute atomic E-state index is 13.0. The van der Waals surface area contributed by atoms with Crippen LogP contribution in [0.5, 0.6) is 0 Å². The van der Waals surface area contributed by atoms with E-state index in [1.165, 1.54) is 16.0 Å². The zero-order chi connectivity index (χ0) is 19.0. The number of carbonyl (C=O) groups excluding carboxylic acids is 1. The molecule has 0 saturated carbocycles. The molecule has 1 aromatic carbocycles. The summed E-state index contributed by atoms with van der Waals surface area (Å²) in [6, 6.07) is 5.52. The number of rotatable bonds is 4. The van der Waals surface area contributed by atoms with Gasteiger partial charge in [0.15, 0.2) is 6.04 Å². The monoisotopic (exact) mass is 392 g/mol. The first-order valence-corrected chi connectivity index (χ1v) is 11.7. The van der Waals surface area contributed by atoms with Crippen LogP contribution in [0.25, 0.3) is 0 Å². The Labute approximate surface area is 162 Å². The molecule has 2 aliphatic heterocycles. The number of likely N-dealkylation sites (tertiary alicyclic amines) is 1. The minimum atomic E-state index is -3.44. The quantitative estimate of drug-likeness (QED) is 0.789. The van der Waals surface area contributed by atoms with Crippen molar-refractivity contribution in [2.24, 2.45) is 0 Å². The van der Waals surface area contributed by atoms with Gasteiger partial charge in [-0.05, 0) is 62.3 Å². The van der Waals surface area contributed by atoms with E-state index >= 15 is 0 Å². The summed E-state index contributed by atoms with van der Waals surface area (Å²) in [5.41, 5.74) is 2.47.